The Morgan fingerprint density at radius 2 is 1.60 bits per heavy atom. The summed E-state index contributed by atoms with van der Waals surface area (Å²) in [5, 5.41) is 3.97. The molecule has 132 valence electrons. The van der Waals surface area contributed by atoms with E-state index in [-0.39, 0.29) is 5.91 Å². The maximum absolute atomic E-state index is 12.1. The number of benzene rings is 2. The third kappa shape index (κ3) is 4.41. The number of nitrogens with one attached hydrogen (secondary N) is 1. The van der Waals surface area contributed by atoms with Gasteiger partial charge in [-0.25, -0.2) is 5.43 Å². The smallest absolute Gasteiger partial charge is 0.271 e. The summed E-state index contributed by atoms with van der Waals surface area (Å²) in [4.78, 5) is 12.1. The van der Waals surface area contributed by atoms with Crippen molar-refractivity contribution in [2.75, 3.05) is 28.4 Å². The zero-order valence-electron chi connectivity index (χ0n) is 14.5. The lowest BCUT2D eigenvalue weighted by Crippen LogP contribution is -2.17. The topological polar surface area (TPSA) is 78.4 Å². The van der Waals surface area contributed by atoms with Crippen LogP contribution < -0.4 is 24.4 Å². The number of carbonyl (C=O) groups excluding carboxylic acids is 1. The minimum Gasteiger partial charge on any atom is -0.497 e. The van der Waals surface area contributed by atoms with Gasteiger partial charge in [-0.05, 0) is 24.3 Å². The Morgan fingerprint density at radius 3 is 2.24 bits per heavy atom. The largest absolute Gasteiger partial charge is 0.497 e. The van der Waals surface area contributed by atoms with Crippen molar-refractivity contribution in [3.63, 3.8) is 0 Å². The van der Waals surface area contributed by atoms with E-state index in [1.54, 1.807) is 50.6 Å². The van der Waals surface area contributed by atoms with E-state index in [2.05, 4.69) is 10.5 Å². The van der Waals surface area contributed by atoms with Gasteiger partial charge in [0.15, 0.2) is 11.5 Å². The highest BCUT2D eigenvalue weighted by molar-refractivity contribution is 5.95. The molecule has 0 unspecified atom stereocenters. The van der Waals surface area contributed by atoms with Crippen molar-refractivity contribution in [2.24, 2.45) is 5.10 Å². The molecule has 0 radical (unpaired) electrons. The van der Waals surface area contributed by atoms with Gasteiger partial charge in [0.05, 0.1) is 34.7 Å². The Kier molecular flexibility index (Phi) is 6.22. The maximum atomic E-state index is 12.1. The van der Waals surface area contributed by atoms with Crippen molar-refractivity contribution < 1.29 is 23.7 Å². The van der Waals surface area contributed by atoms with Gasteiger partial charge in [-0.1, -0.05) is 6.07 Å². The molecule has 7 heteroatoms. The molecule has 0 aliphatic heterocycles. The molecule has 0 atom stereocenters. The molecule has 0 aromatic heterocycles. The molecule has 1 amide bonds. The number of hydrogen-bond donors (Lipinski definition) is 1. The van der Waals surface area contributed by atoms with Gasteiger partial charge >= 0.3 is 0 Å². The lowest BCUT2D eigenvalue weighted by Gasteiger charge is -2.11. The number of carbonyl (C=O) groups is 1. The van der Waals surface area contributed by atoms with Crippen molar-refractivity contribution in [1.82, 2.24) is 5.43 Å². The number of methoxy groups -OCH3 is 4. The van der Waals surface area contributed by atoms with E-state index >= 15 is 0 Å². The van der Waals surface area contributed by atoms with E-state index < -0.39 is 0 Å². The number of nitrogens with zero attached hydrogens (tertiary/aromatic N) is 1. The highest BCUT2D eigenvalue weighted by Gasteiger charge is 2.11. The van der Waals surface area contributed by atoms with Crippen molar-refractivity contribution in [2.45, 2.75) is 0 Å². The van der Waals surface area contributed by atoms with Crippen LogP contribution in [0.5, 0.6) is 23.0 Å². The van der Waals surface area contributed by atoms with E-state index in [4.69, 9.17) is 18.9 Å². The molecule has 0 heterocycles. The highest BCUT2D eigenvalue weighted by atomic mass is 16.5. The van der Waals surface area contributed by atoms with Crippen LogP contribution in [0.1, 0.15) is 15.9 Å². The van der Waals surface area contributed by atoms with E-state index in [0.29, 0.717) is 34.1 Å². The minimum atomic E-state index is -0.352. The first-order chi connectivity index (χ1) is 12.1. The third-order valence-corrected chi connectivity index (χ3v) is 3.44. The standard InChI is InChI=1S/C18H20N2O5/c1-22-14-7-5-6-12(8-14)18(21)20-19-11-13-9-16(24-3)17(25-4)10-15(13)23-2/h5-11H,1-4H3,(H,20,21)/b19-11+. The average Bonchev–Trinajstić information content (AvgIpc) is 2.67. The molecule has 25 heavy (non-hydrogen) atoms. The Hall–Kier alpha value is -3.22. The van der Waals surface area contributed by atoms with Gasteiger partial charge in [0, 0.05) is 17.2 Å². The number of rotatable bonds is 7. The summed E-state index contributed by atoms with van der Waals surface area (Å²) in [7, 11) is 6.15. The second-order valence-corrected chi connectivity index (χ2v) is 4.88. The number of hydrazone groups is 1. The summed E-state index contributed by atoms with van der Waals surface area (Å²) in [6, 6.07) is 10.2. The fourth-order valence-corrected chi connectivity index (χ4v) is 2.14. The quantitative estimate of drug-likeness (QED) is 0.617. The molecule has 0 aliphatic carbocycles. The van der Waals surface area contributed by atoms with Gasteiger partial charge < -0.3 is 18.9 Å². The zero-order valence-corrected chi connectivity index (χ0v) is 14.5. The van der Waals surface area contributed by atoms with Gasteiger partial charge in [0.2, 0.25) is 0 Å². The molecule has 7 nitrogen and oxygen atoms in total. The van der Waals surface area contributed by atoms with E-state index in [0.717, 1.165) is 0 Å². The van der Waals surface area contributed by atoms with E-state index in [1.165, 1.54) is 20.4 Å². The predicted molar refractivity (Wildman–Crippen MR) is 94.2 cm³/mol. The summed E-state index contributed by atoms with van der Waals surface area (Å²) >= 11 is 0. The van der Waals surface area contributed by atoms with Crippen LogP contribution in [-0.4, -0.2) is 40.6 Å². The van der Waals surface area contributed by atoms with Gasteiger partial charge in [0.1, 0.15) is 11.5 Å². The van der Waals surface area contributed by atoms with Crippen LogP contribution in [0.15, 0.2) is 41.5 Å². The van der Waals surface area contributed by atoms with Crippen molar-refractivity contribution in [3.05, 3.63) is 47.5 Å². The summed E-state index contributed by atoms with van der Waals surface area (Å²) in [5.74, 6) is 1.85. The molecule has 2 aromatic rings. The second kappa shape index (κ2) is 8.58. The minimum absolute atomic E-state index is 0.352. The van der Waals surface area contributed by atoms with Crippen molar-refractivity contribution >= 4 is 12.1 Å². The molecule has 0 saturated heterocycles. The molecule has 0 bridgehead atoms. The van der Waals surface area contributed by atoms with Crippen LogP contribution in [0.3, 0.4) is 0 Å². The SMILES string of the molecule is COc1cccc(C(=O)N/N=C/c2cc(OC)c(OC)cc2OC)c1. The molecule has 2 rings (SSSR count). The summed E-state index contributed by atoms with van der Waals surface area (Å²) in [6.07, 6.45) is 1.47. The van der Waals surface area contributed by atoms with Crippen molar-refractivity contribution in [3.8, 4) is 23.0 Å². The fourth-order valence-electron chi connectivity index (χ4n) is 2.14. The molecule has 0 spiro atoms. The molecule has 0 fully saturated rings. The zero-order chi connectivity index (χ0) is 18.2. The monoisotopic (exact) mass is 344 g/mol. The number of hydrogen-bond acceptors (Lipinski definition) is 6. The molecule has 1 N–H and O–H groups in total. The summed E-state index contributed by atoms with van der Waals surface area (Å²) in [5.41, 5.74) is 3.53. The van der Waals surface area contributed by atoms with Gasteiger partial charge in [-0.2, -0.15) is 5.10 Å². The fraction of sp³-hybridized carbons (Fsp3) is 0.222. The normalized spacial score (nSPS) is 10.4. The van der Waals surface area contributed by atoms with Gasteiger partial charge in [0.25, 0.3) is 5.91 Å². The highest BCUT2D eigenvalue weighted by Crippen LogP contribution is 2.33. The molecule has 0 aliphatic rings. The third-order valence-electron chi connectivity index (χ3n) is 3.44. The van der Waals surface area contributed by atoms with Crippen molar-refractivity contribution in [1.29, 1.82) is 0 Å². The Balaban J connectivity index is 2.17. The molecule has 0 saturated carbocycles. The first-order valence-corrected chi connectivity index (χ1v) is 7.40. The van der Waals surface area contributed by atoms with Gasteiger partial charge in [-0.15, -0.1) is 0 Å². The Labute approximate surface area is 146 Å². The van der Waals surface area contributed by atoms with Crippen LogP contribution in [-0.2, 0) is 0 Å². The van der Waals surface area contributed by atoms with Crippen LogP contribution in [0, 0.1) is 0 Å². The van der Waals surface area contributed by atoms with Crippen LogP contribution in [0.2, 0.25) is 0 Å². The molecule has 2 aromatic carbocycles. The maximum Gasteiger partial charge on any atom is 0.271 e. The number of ether oxygens (including phenoxy) is 4. The second-order valence-electron chi connectivity index (χ2n) is 4.88. The van der Waals surface area contributed by atoms with Crippen LogP contribution in [0.25, 0.3) is 0 Å². The lowest BCUT2D eigenvalue weighted by molar-refractivity contribution is 0.0955. The Morgan fingerprint density at radius 1 is 0.920 bits per heavy atom. The lowest BCUT2D eigenvalue weighted by atomic mass is 10.2. The van der Waals surface area contributed by atoms with E-state index in [9.17, 15) is 4.79 Å². The summed E-state index contributed by atoms with van der Waals surface area (Å²) < 4.78 is 20.9. The molecular weight excluding hydrogens is 324 g/mol. The van der Waals surface area contributed by atoms with Crippen LogP contribution in [0.4, 0.5) is 0 Å². The first-order valence-electron chi connectivity index (χ1n) is 7.40. The van der Waals surface area contributed by atoms with Gasteiger partial charge in [-0.3, -0.25) is 4.79 Å². The Bertz CT molecular complexity index is 774. The van der Waals surface area contributed by atoms with Crippen LogP contribution >= 0.6 is 0 Å². The molecular formula is C18H20N2O5. The average molecular weight is 344 g/mol. The first kappa shape index (κ1) is 18.1. The summed E-state index contributed by atoms with van der Waals surface area (Å²) in [6.45, 7) is 0. The number of amides is 1. The van der Waals surface area contributed by atoms with E-state index in [1.807, 2.05) is 0 Å². The predicted octanol–water partition coefficient (Wildman–Crippen LogP) is 2.48.